The smallest absolute Gasteiger partial charge is 0.227 e. The topological polar surface area (TPSA) is 54.2 Å². The van der Waals surface area contributed by atoms with Crippen molar-refractivity contribution in [1.29, 1.82) is 0 Å². The molecular formula is C16H28N4O. The molecule has 2 atom stereocenters. The molecule has 118 valence electrons. The van der Waals surface area contributed by atoms with Crippen LogP contribution >= 0.6 is 0 Å². The predicted molar refractivity (Wildman–Crippen MR) is 82.0 cm³/mol. The quantitative estimate of drug-likeness (QED) is 0.924. The molecule has 3 rings (SSSR count). The van der Waals surface area contributed by atoms with Crippen molar-refractivity contribution in [1.82, 2.24) is 20.4 Å². The third-order valence-corrected chi connectivity index (χ3v) is 4.85. The highest BCUT2D eigenvalue weighted by atomic mass is 16.5. The van der Waals surface area contributed by atoms with E-state index in [9.17, 15) is 0 Å². The van der Waals surface area contributed by atoms with Crippen LogP contribution in [0.3, 0.4) is 0 Å². The predicted octanol–water partition coefficient (Wildman–Crippen LogP) is 2.55. The number of nitrogens with one attached hydrogen (secondary N) is 1. The van der Waals surface area contributed by atoms with Crippen LogP contribution in [0.15, 0.2) is 4.52 Å². The molecule has 0 bridgehead atoms. The summed E-state index contributed by atoms with van der Waals surface area (Å²) in [5, 5.41) is 7.68. The van der Waals surface area contributed by atoms with Gasteiger partial charge in [-0.3, -0.25) is 0 Å². The summed E-state index contributed by atoms with van der Waals surface area (Å²) in [6.07, 6.45) is 7.14. The molecule has 0 amide bonds. The van der Waals surface area contributed by atoms with Crippen LogP contribution in [0.4, 0.5) is 0 Å². The van der Waals surface area contributed by atoms with E-state index < -0.39 is 0 Å². The van der Waals surface area contributed by atoms with Crippen LogP contribution in [0.25, 0.3) is 0 Å². The lowest BCUT2D eigenvalue weighted by Gasteiger charge is -2.34. The lowest BCUT2D eigenvalue weighted by molar-refractivity contribution is 0.134. The zero-order chi connectivity index (χ0) is 14.7. The highest BCUT2D eigenvalue weighted by molar-refractivity contribution is 4.97. The third kappa shape index (κ3) is 3.83. The minimum atomic E-state index is 0.301. The molecule has 0 spiro atoms. The highest BCUT2D eigenvalue weighted by Crippen LogP contribution is 2.24. The number of aromatic nitrogens is 2. The maximum absolute atomic E-state index is 5.50. The second-order valence-corrected chi connectivity index (χ2v) is 6.85. The normalized spacial score (nSPS) is 28.1. The molecule has 5 heteroatoms. The number of hydrogen-bond donors (Lipinski definition) is 1. The molecular weight excluding hydrogens is 264 g/mol. The first kappa shape index (κ1) is 15.0. The summed E-state index contributed by atoms with van der Waals surface area (Å²) in [7, 11) is 0. The van der Waals surface area contributed by atoms with Gasteiger partial charge in [0, 0.05) is 19.0 Å². The van der Waals surface area contributed by atoms with E-state index in [0.717, 1.165) is 37.6 Å². The van der Waals surface area contributed by atoms with Gasteiger partial charge in [-0.05, 0) is 58.5 Å². The molecule has 2 aliphatic rings. The summed E-state index contributed by atoms with van der Waals surface area (Å²) >= 11 is 0. The maximum Gasteiger partial charge on any atom is 0.227 e. The van der Waals surface area contributed by atoms with Crippen LogP contribution in [-0.2, 0) is 6.42 Å². The molecule has 2 unspecified atom stereocenters. The van der Waals surface area contributed by atoms with E-state index in [1.807, 2.05) is 0 Å². The van der Waals surface area contributed by atoms with E-state index in [-0.39, 0.29) is 0 Å². The van der Waals surface area contributed by atoms with Crippen LogP contribution in [0.2, 0.25) is 0 Å². The van der Waals surface area contributed by atoms with Crippen molar-refractivity contribution in [2.75, 3.05) is 19.6 Å². The Morgan fingerprint density at radius 3 is 2.95 bits per heavy atom. The van der Waals surface area contributed by atoms with Gasteiger partial charge in [0.1, 0.15) is 0 Å². The molecule has 0 aromatic carbocycles. The van der Waals surface area contributed by atoms with E-state index in [1.54, 1.807) is 0 Å². The number of hydrogen-bond acceptors (Lipinski definition) is 5. The van der Waals surface area contributed by atoms with Crippen molar-refractivity contribution in [2.45, 2.75) is 64.5 Å². The summed E-state index contributed by atoms with van der Waals surface area (Å²) in [6.45, 7) is 8.02. The number of rotatable bonds is 4. The van der Waals surface area contributed by atoms with Gasteiger partial charge < -0.3 is 14.7 Å². The Labute approximate surface area is 127 Å². The second-order valence-electron chi connectivity index (χ2n) is 6.85. The van der Waals surface area contributed by atoms with Crippen LogP contribution in [0.1, 0.15) is 63.7 Å². The fourth-order valence-electron chi connectivity index (χ4n) is 3.54. The van der Waals surface area contributed by atoms with Crippen molar-refractivity contribution in [3.05, 3.63) is 11.7 Å². The first-order valence-corrected chi connectivity index (χ1v) is 8.52. The average molecular weight is 292 g/mol. The van der Waals surface area contributed by atoms with Crippen molar-refractivity contribution >= 4 is 0 Å². The molecule has 2 fully saturated rings. The lowest BCUT2D eigenvalue weighted by atomic mass is 9.94. The van der Waals surface area contributed by atoms with Gasteiger partial charge in [-0.15, -0.1) is 0 Å². The zero-order valence-corrected chi connectivity index (χ0v) is 13.3. The largest absolute Gasteiger partial charge is 0.339 e. The number of likely N-dealkylation sites (tertiary alicyclic amines) is 1. The van der Waals surface area contributed by atoms with Crippen molar-refractivity contribution in [2.24, 2.45) is 5.92 Å². The number of nitrogens with zero attached hydrogens (tertiary/aromatic N) is 3. The molecule has 21 heavy (non-hydrogen) atoms. The summed E-state index contributed by atoms with van der Waals surface area (Å²) in [6, 6.07) is 0.937. The molecule has 3 heterocycles. The molecule has 1 aromatic rings. The lowest BCUT2D eigenvalue weighted by Crippen LogP contribution is -2.40. The van der Waals surface area contributed by atoms with Gasteiger partial charge in [-0.25, -0.2) is 0 Å². The molecule has 0 radical (unpaired) electrons. The van der Waals surface area contributed by atoms with Crippen molar-refractivity contribution in [3.8, 4) is 0 Å². The Morgan fingerprint density at radius 1 is 1.29 bits per heavy atom. The Bertz CT molecular complexity index is 439. The van der Waals surface area contributed by atoms with Gasteiger partial charge in [0.05, 0.1) is 6.04 Å². The SMILES string of the molecule is CC(C)N1CCCC(Cc2nc(C3CCCCN3)no2)C1. The Morgan fingerprint density at radius 2 is 2.19 bits per heavy atom. The standard InChI is InChI=1S/C16H28N4O/c1-12(2)20-9-5-6-13(11-20)10-15-18-16(19-21-15)14-7-3-4-8-17-14/h12-14,17H,3-11H2,1-2H3. The first-order valence-electron chi connectivity index (χ1n) is 8.52. The molecule has 1 N–H and O–H groups in total. The summed E-state index contributed by atoms with van der Waals surface area (Å²) < 4.78 is 5.50. The third-order valence-electron chi connectivity index (χ3n) is 4.85. The van der Waals surface area contributed by atoms with Crippen molar-refractivity contribution < 1.29 is 4.52 Å². The second kappa shape index (κ2) is 6.88. The summed E-state index contributed by atoms with van der Waals surface area (Å²) in [4.78, 5) is 7.20. The van der Waals surface area contributed by atoms with Gasteiger partial charge in [-0.1, -0.05) is 11.6 Å². The van der Waals surface area contributed by atoms with Crippen LogP contribution in [0.5, 0.6) is 0 Å². The summed E-state index contributed by atoms with van der Waals surface area (Å²) in [5.74, 6) is 2.35. The van der Waals surface area contributed by atoms with E-state index in [0.29, 0.717) is 18.0 Å². The fraction of sp³-hybridized carbons (Fsp3) is 0.875. The van der Waals surface area contributed by atoms with Gasteiger partial charge >= 0.3 is 0 Å². The van der Waals surface area contributed by atoms with Gasteiger partial charge in [0.25, 0.3) is 0 Å². The van der Waals surface area contributed by atoms with Crippen molar-refractivity contribution in [3.63, 3.8) is 0 Å². The molecule has 5 nitrogen and oxygen atoms in total. The van der Waals surface area contributed by atoms with E-state index in [4.69, 9.17) is 4.52 Å². The average Bonchev–Trinajstić information content (AvgIpc) is 2.97. The molecule has 2 aliphatic heterocycles. The Balaban J connectivity index is 1.56. The van der Waals surface area contributed by atoms with Crippen LogP contribution < -0.4 is 5.32 Å². The zero-order valence-electron chi connectivity index (χ0n) is 13.3. The van der Waals surface area contributed by atoms with E-state index in [1.165, 1.54) is 32.2 Å². The monoisotopic (exact) mass is 292 g/mol. The van der Waals surface area contributed by atoms with Gasteiger partial charge in [0.15, 0.2) is 5.82 Å². The van der Waals surface area contributed by atoms with E-state index in [2.05, 4.69) is 34.2 Å². The number of piperidine rings is 2. The molecule has 0 aliphatic carbocycles. The molecule has 1 aromatic heterocycles. The van der Waals surface area contributed by atoms with Crippen LogP contribution in [-0.4, -0.2) is 40.7 Å². The van der Waals surface area contributed by atoms with Gasteiger partial charge in [0.2, 0.25) is 5.89 Å². The van der Waals surface area contributed by atoms with Gasteiger partial charge in [-0.2, -0.15) is 4.98 Å². The fourth-order valence-corrected chi connectivity index (χ4v) is 3.54. The van der Waals surface area contributed by atoms with E-state index >= 15 is 0 Å². The minimum absolute atomic E-state index is 0.301. The Kier molecular flexibility index (Phi) is 4.91. The summed E-state index contributed by atoms with van der Waals surface area (Å²) in [5.41, 5.74) is 0. The molecule has 2 saturated heterocycles. The van der Waals surface area contributed by atoms with Crippen LogP contribution in [0, 0.1) is 5.92 Å². The maximum atomic E-state index is 5.50. The molecule has 0 saturated carbocycles. The Hall–Kier alpha value is -0.940. The first-order chi connectivity index (χ1) is 10.2. The minimum Gasteiger partial charge on any atom is -0.339 e. The highest BCUT2D eigenvalue weighted by Gasteiger charge is 2.25.